The number of carbonyl (C=O) groups excluding carboxylic acids is 3. The van der Waals surface area contributed by atoms with Crippen LogP contribution in [-0.4, -0.2) is 23.3 Å². The van der Waals surface area contributed by atoms with Gasteiger partial charge >= 0.3 is 0 Å². The van der Waals surface area contributed by atoms with E-state index in [2.05, 4.69) is 0 Å². The van der Waals surface area contributed by atoms with Crippen molar-refractivity contribution in [1.29, 1.82) is 0 Å². The van der Waals surface area contributed by atoms with Gasteiger partial charge in [-0.1, -0.05) is 24.3 Å². The first-order valence-corrected chi connectivity index (χ1v) is 7.43. The smallest absolute Gasteiger partial charge is 0.196 e. The van der Waals surface area contributed by atoms with Crippen molar-refractivity contribution in [2.75, 3.05) is 11.5 Å². The first-order chi connectivity index (χ1) is 10.5. The topological polar surface area (TPSA) is 100 Å². The van der Waals surface area contributed by atoms with E-state index >= 15 is 0 Å². The number of nitrogen functional groups attached to an aromatic ring is 1. The van der Waals surface area contributed by atoms with Crippen molar-refractivity contribution in [3.63, 3.8) is 0 Å². The molecule has 2 N–H and O–H groups in total. The summed E-state index contributed by atoms with van der Waals surface area (Å²) in [6.07, 6.45) is 0. The van der Waals surface area contributed by atoms with E-state index in [0.29, 0.717) is 16.0 Å². The Labute approximate surface area is 130 Å². The van der Waals surface area contributed by atoms with Crippen LogP contribution in [0.3, 0.4) is 0 Å². The van der Waals surface area contributed by atoms with Gasteiger partial charge in [0.2, 0.25) is 0 Å². The number of thioether (sulfide) groups is 1. The normalized spacial score (nSPS) is 12.7. The van der Waals surface area contributed by atoms with Crippen LogP contribution in [0.1, 0.15) is 31.8 Å². The molecule has 0 fully saturated rings. The molecule has 0 unspecified atom stereocenters. The van der Waals surface area contributed by atoms with Crippen LogP contribution < -0.4 is 10.8 Å². The van der Waals surface area contributed by atoms with Gasteiger partial charge in [-0.05, 0) is 12.1 Å². The van der Waals surface area contributed by atoms with Crippen LogP contribution >= 0.6 is 11.8 Å². The minimum Gasteiger partial charge on any atom is -0.549 e. The average molecular weight is 312 g/mol. The molecule has 0 spiro atoms. The highest BCUT2D eigenvalue weighted by atomic mass is 32.2. The molecule has 0 heterocycles. The van der Waals surface area contributed by atoms with E-state index in [1.54, 1.807) is 30.3 Å². The molecule has 2 aromatic rings. The number of carboxylic acid groups (broad SMARTS) is 1. The zero-order valence-electron chi connectivity index (χ0n) is 11.3. The number of nitrogens with two attached hydrogens (primary N) is 1. The molecule has 6 heteroatoms. The highest BCUT2D eigenvalue weighted by Crippen LogP contribution is 2.36. The SMILES string of the molecule is Nc1c(SCC(=O)[O-])ccc2c1C(=O)c1ccccc1C2=O. The van der Waals surface area contributed by atoms with E-state index < -0.39 is 5.97 Å². The molecule has 0 saturated carbocycles. The van der Waals surface area contributed by atoms with Gasteiger partial charge in [0.1, 0.15) is 0 Å². The van der Waals surface area contributed by atoms with Crippen molar-refractivity contribution in [3.05, 3.63) is 58.7 Å². The minimum atomic E-state index is -1.23. The van der Waals surface area contributed by atoms with Gasteiger partial charge < -0.3 is 15.6 Å². The summed E-state index contributed by atoms with van der Waals surface area (Å²) in [4.78, 5) is 36.1. The van der Waals surface area contributed by atoms with Gasteiger partial charge in [0.15, 0.2) is 11.6 Å². The quantitative estimate of drug-likeness (QED) is 0.569. The Hall–Kier alpha value is -2.60. The van der Waals surface area contributed by atoms with Crippen LogP contribution in [-0.2, 0) is 4.79 Å². The lowest BCUT2D eigenvalue weighted by molar-refractivity contribution is -0.301. The molecule has 3 rings (SSSR count). The molecule has 0 atom stereocenters. The predicted molar refractivity (Wildman–Crippen MR) is 79.9 cm³/mol. The summed E-state index contributed by atoms with van der Waals surface area (Å²) < 4.78 is 0. The molecular formula is C16H10NO4S-. The summed E-state index contributed by atoms with van der Waals surface area (Å²) in [5.74, 6) is -2.08. The average Bonchev–Trinajstić information content (AvgIpc) is 2.51. The van der Waals surface area contributed by atoms with Gasteiger partial charge in [-0.25, -0.2) is 0 Å². The Balaban J connectivity index is 2.13. The van der Waals surface area contributed by atoms with E-state index in [-0.39, 0.29) is 34.1 Å². The van der Waals surface area contributed by atoms with E-state index in [0.717, 1.165) is 11.8 Å². The van der Waals surface area contributed by atoms with Crippen LogP contribution in [0.2, 0.25) is 0 Å². The Morgan fingerprint density at radius 2 is 1.64 bits per heavy atom. The van der Waals surface area contributed by atoms with Crippen molar-refractivity contribution in [3.8, 4) is 0 Å². The molecule has 0 radical (unpaired) electrons. The Bertz CT molecular complexity index is 829. The molecule has 0 aromatic heterocycles. The molecule has 0 bridgehead atoms. The second-order valence-electron chi connectivity index (χ2n) is 4.76. The zero-order valence-corrected chi connectivity index (χ0v) is 12.1. The fraction of sp³-hybridized carbons (Fsp3) is 0.0625. The first-order valence-electron chi connectivity index (χ1n) is 6.44. The maximum Gasteiger partial charge on any atom is 0.196 e. The van der Waals surface area contributed by atoms with Crippen molar-refractivity contribution >= 4 is 35.0 Å². The Kier molecular flexibility index (Phi) is 3.46. The lowest BCUT2D eigenvalue weighted by Crippen LogP contribution is -2.25. The predicted octanol–water partition coefficient (Wildman–Crippen LogP) is 0.886. The zero-order chi connectivity index (χ0) is 15.9. The van der Waals surface area contributed by atoms with Crippen LogP contribution in [0.4, 0.5) is 5.69 Å². The van der Waals surface area contributed by atoms with Gasteiger partial charge in [0.05, 0.1) is 17.2 Å². The van der Waals surface area contributed by atoms with Gasteiger partial charge in [-0.3, -0.25) is 9.59 Å². The number of anilines is 1. The van der Waals surface area contributed by atoms with Gasteiger partial charge in [-0.15, -0.1) is 11.8 Å². The summed E-state index contributed by atoms with van der Waals surface area (Å²) in [5.41, 5.74) is 7.19. The lowest BCUT2D eigenvalue weighted by Gasteiger charge is -2.20. The first kappa shape index (κ1) is 14.3. The standard InChI is InChI=1S/C16H11NO4S/c17-14-11(22-7-12(18)19)6-5-10-13(14)16(21)9-4-2-1-3-8(9)15(10)20/h1-6H,7,17H2,(H,18,19)/p-1. The highest BCUT2D eigenvalue weighted by Gasteiger charge is 2.31. The van der Waals surface area contributed by atoms with E-state index in [4.69, 9.17) is 5.73 Å². The monoisotopic (exact) mass is 312 g/mol. The van der Waals surface area contributed by atoms with Crippen molar-refractivity contribution in [2.45, 2.75) is 4.90 Å². The molecule has 0 aliphatic heterocycles. The molecule has 1 aliphatic rings. The van der Waals surface area contributed by atoms with Gasteiger partial charge in [0, 0.05) is 27.3 Å². The second-order valence-corrected chi connectivity index (χ2v) is 5.78. The van der Waals surface area contributed by atoms with Crippen molar-refractivity contribution < 1.29 is 19.5 Å². The summed E-state index contributed by atoms with van der Waals surface area (Å²) >= 11 is 0.962. The van der Waals surface area contributed by atoms with E-state index in [1.807, 2.05) is 0 Å². The molecular weight excluding hydrogens is 302 g/mol. The van der Waals surface area contributed by atoms with E-state index in [1.165, 1.54) is 6.07 Å². The third-order valence-electron chi connectivity index (χ3n) is 3.44. The molecule has 22 heavy (non-hydrogen) atoms. The minimum absolute atomic E-state index is 0.136. The molecule has 5 nitrogen and oxygen atoms in total. The second kappa shape index (κ2) is 5.31. The Morgan fingerprint density at radius 1 is 1.00 bits per heavy atom. The number of benzene rings is 2. The fourth-order valence-corrected chi connectivity index (χ4v) is 3.15. The third-order valence-corrected chi connectivity index (χ3v) is 4.49. The van der Waals surface area contributed by atoms with E-state index in [9.17, 15) is 19.5 Å². The Morgan fingerprint density at radius 3 is 2.27 bits per heavy atom. The lowest BCUT2D eigenvalue weighted by atomic mass is 9.83. The van der Waals surface area contributed by atoms with Gasteiger partial charge in [-0.2, -0.15) is 0 Å². The number of fused-ring (bicyclic) bond motifs is 2. The molecule has 110 valence electrons. The largest absolute Gasteiger partial charge is 0.549 e. The fourth-order valence-electron chi connectivity index (χ4n) is 2.46. The van der Waals surface area contributed by atoms with Crippen molar-refractivity contribution in [1.82, 2.24) is 0 Å². The molecule has 0 saturated heterocycles. The number of aliphatic carboxylic acids is 1. The van der Waals surface area contributed by atoms with Crippen LogP contribution in [0.25, 0.3) is 0 Å². The highest BCUT2D eigenvalue weighted by molar-refractivity contribution is 8.00. The summed E-state index contributed by atoms with van der Waals surface area (Å²) in [7, 11) is 0. The third kappa shape index (κ3) is 2.17. The number of carboxylic acids is 1. The summed E-state index contributed by atoms with van der Waals surface area (Å²) in [5, 5.41) is 10.6. The van der Waals surface area contributed by atoms with Crippen molar-refractivity contribution in [2.24, 2.45) is 0 Å². The van der Waals surface area contributed by atoms with Gasteiger partial charge in [0.25, 0.3) is 0 Å². The maximum atomic E-state index is 12.6. The molecule has 2 aromatic carbocycles. The maximum absolute atomic E-state index is 12.6. The molecule has 0 amide bonds. The summed E-state index contributed by atoms with van der Waals surface area (Å²) in [6.45, 7) is 0. The number of rotatable bonds is 3. The summed E-state index contributed by atoms with van der Waals surface area (Å²) in [6, 6.07) is 9.63. The number of hydrogen-bond donors (Lipinski definition) is 1. The van der Waals surface area contributed by atoms with Crippen LogP contribution in [0, 0.1) is 0 Å². The van der Waals surface area contributed by atoms with Crippen LogP contribution in [0.15, 0.2) is 41.3 Å². The van der Waals surface area contributed by atoms with Crippen LogP contribution in [0.5, 0.6) is 0 Å². The molecule has 1 aliphatic carbocycles. The number of hydrogen-bond acceptors (Lipinski definition) is 6. The number of carbonyl (C=O) groups is 3. The number of ketones is 2.